The highest BCUT2D eigenvalue weighted by atomic mass is 32.2. The van der Waals surface area contributed by atoms with Crippen LogP contribution in [-0.2, 0) is 17.1 Å². The van der Waals surface area contributed by atoms with Crippen molar-refractivity contribution in [1.29, 1.82) is 0 Å². The number of thiazole rings is 1. The third kappa shape index (κ3) is 3.66. The second-order valence-electron chi connectivity index (χ2n) is 6.23. The predicted octanol–water partition coefficient (Wildman–Crippen LogP) is 2.04. The lowest BCUT2D eigenvalue weighted by molar-refractivity contribution is 0.0952. The quantitative estimate of drug-likeness (QED) is 0.676. The minimum atomic E-state index is -3.62. The molecule has 1 aromatic heterocycles. The highest BCUT2D eigenvalue weighted by molar-refractivity contribution is 7.89. The average molecular weight is 405 g/mol. The molecule has 0 aliphatic heterocycles. The third-order valence-electron chi connectivity index (χ3n) is 4.20. The van der Waals surface area contributed by atoms with Crippen LogP contribution in [0.3, 0.4) is 0 Å². The number of carbonyl (C=O) groups excluding carboxylic acids is 1. The maximum atomic E-state index is 12.6. The Morgan fingerprint density at radius 1 is 1.19 bits per heavy atom. The van der Waals surface area contributed by atoms with E-state index in [-0.39, 0.29) is 10.5 Å². The van der Waals surface area contributed by atoms with Crippen molar-refractivity contribution in [3.05, 3.63) is 58.4 Å². The van der Waals surface area contributed by atoms with Gasteiger partial charge < -0.3 is 4.57 Å². The molecule has 9 heteroatoms. The maximum absolute atomic E-state index is 12.6. The number of aromatic nitrogens is 1. The van der Waals surface area contributed by atoms with Gasteiger partial charge in [-0.25, -0.2) is 18.1 Å². The lowest BCUT2D eigenvalue weighted by atomic mass is 10.1. The summed E-state index contributed by atoms with van der Waals surface area (Å²) in [5.41, 5.74) is 4.49. The molecule has 27 heavy (non-hydrogen) atoms. The van der Waals surface area contributed by atoms with Crippen molar-refractivity contribution in [2.24, 2.45) is 12.1 Å². The van der Waals surface area contributed by atoms with Crippen molar-refractivity contribution in [3.8, 4) is 0 Å². The standard InChI is InChI=1S/C18H20N4O3S2/c1-12-9-10-13(27(24,25)21(2)3)11-14(12)17(23)19-20-18-22(4)15-7-5-6-8-16(15)26-18/h5-11H,1-4H3,(H,19,23)/b20-18+. The fourth-order valence-electron chi connectivity index (χ4n) is 2.56. The molecule has 2 aromatic carbocycles. The van der Waals surface area contributed by atoms with Crippen LogP contribution >= 0.6 is 11.3 Å². The van der Waals surface area contributed by atoms with E-state index in [0.29, 0.717) is 10.4 Å². The molecule has 3 aromatic rings. The van der Waals surface area contributed by atoms with Gasteiger partial charge in [-0.3, -0.25) is 4.79 Å². The molecule has 1 N–H and O–H groups in total. The molecule has 0 bridgehead atoms. The largest absolute Gasteiger partial charge is 0.318 e. The van der Waals surface area contributed by atoms with E-state index >= 15 is 0 Å². The Morgan fingerprint density at radius 3 is 2.56 bits per heavy atom. The molecule has 1 heterocycles. The third-order valence-corrected chi connectivity index (χ3v) is 7.12. The van der Waals surface area contributed by atoms with Gasteiger partial charge in [-0.2, -0.15) is 0 Å². The van der Waals surface area contributed by atoms with E-state index in [0.717, 1.165) is 14.5 Å². The first kappa shape index (κ1) is 19.3. The highest BCUT2D eigenvalue weighted by Crippen LogP contribution is 2.18. The number of nitrogens with zero attached hydrogens (tertiary/aromatic N) is 3. The van der Waals surface area contributed by atoms with Crippen molar-refractivity contribution < 1.29 is 13.2 Å². The minimum absolute atomic E-state index is 0.0654. The smallest absolute Gasteiger partial charge is 0.271 e. The molecule has 0 spiro atoms. The summed E-state index contributed by atoms with van der Waals surface area (Å²) in [6.45, 7) is 1.75. The summed E-state index contributed by atoms with van der Waals surface area (Å²) in [7, 11) is 1.15. The average Bonchev–Trinajstić information content (AvgIpc) is 2.96. The zero-order valence-electron chi connectivity index (χ0n) is 15.4. The summed E-state index contributed by atoms with van der Waals surface area (Å²) in [6.07, 6.45) is 0. The molecule has 0 unspecified atom stereocenters. The predicted molar refractivity (Wildman–Crippen MR) is 106 cm³/mol. The van der Waals surface area contributed by atoms with Crippen LogP contribution in [0.2, 0.25) is 0 Å². The van der Waals surface area contributed by atoms with Crippen molar-refractivity contribution in [3.63, 3.8) is 0 Å². The number of para-hydroxylation sites is 1. The molecule has 0 radical (unpaired) electrons. The van der Waals surface area contributed by atoms with Crippen LogP contribution in [0.5, 0.6) is 0 Å². The van der Waals surface area contributed by atoms with Crippen LogP contribution in [0.4, 0.5) is 0 Å². The van der Waals surface area contributed by atoms with E-state index in [1.165, 1.54) is 37.6 Å². The lowest BCUT2D eigenvalue weighted by Gasteiger charge is -2.13. The summed E-state index contributed by atoms with van der Waals surface area (Å²) < 4.78 is 28.7. The molecule has 0 aliphatic carbocycles. The number of hydrogen-bond acceptors (Lipinski definition) is 5. The van der Waals surface area contributed by atoms with Gasteiger partial charge in [-0.15, -0.1) is 5.10 Å². The van der Waals surface area contributed by atoms with E-state index in [2.05, 4.69) is 10.5 Å². The van der Waals surface area contributed by atoms with Crippen LogP contribution in [0.15, 0.2) is 52.5 Å². The number of sulfonamides is 1. The first-order valence-electron chi connectivity index (χ1n) is 8.13. The number of rotatable bonds is 4. The second-order valence-corrected chi connectivity index (χ2v) is 9.39. The lowest BCUT2D eigenvalue weighted by Crippen LogP contribution is -2.25. The number of benzene rings is 2. The van der Waals surface area contributed by atoms with Gasteiger partial charge in [-0.1, -0.05) is 29.5 Å². The molecule has 0 atom stereocenters. The van der Waals surface area contributed by atoms with Crippen LogP contribution < -0.4 is 10.2 Å². The van der Waals surface area contributed by atoms with E-state index in [4.69, 9.17) is 0 Å². The van der Waals surface area contributed by atoms with Crippen molar-refractivity contribution in [1.82, 2.24) is 14.3 Å². The SMILES string of the molecule is Cc1ccc(S(=O)(=O)N(C)C)cc1C(=O)N/N=c1/sc2ccccc2n1C. The normalized spacial score (nSPS) is 12.7. The zero-order valence-corrected chi connectivity index (χ0v) is 17.1. The van der Waals surface area contributed by atoms with E-state index in [9.17, 15) is 13.2 Å². The van der Waals surface area contributed by atoms with Crippen LogP contribution in [0, 0.1) is 6.92 Å². The van der Waals surface area contributed by atoms with Crippen LogP contribution in [-0.4, -0.2) is 37.3 Å². The van der Waals surface area contributed by atoms with E-state index in [1.807, 2.05) is 35.9 Å². The Hall–Kier alpha value is -2.49. The Balaban J connectivity index is 1.95. The molecule has 0 fully saturated rings. The summed E-state index contributed by atoms with van der Waals surface area (Å²) in [5.74, 6) is -0.458. The van der Waals surface area contributed by atoms with Gasteiger partial charge in [0.15, 0.2) is 0 Å². The van der Waals surface area contributed by atoms with Gasteiger partial charge in [0.25, 0.3) is 5.91 Å². The Morgan fingerprint density at radius 2 is 1.89 bits per heavy atom. The molecule has 3 rings (SSSR count). The highest BCUT2D eigenvalue weighted by Gasteiger charge is 2.20. The number of nitrogens with one attached hydrogen (secondary N) is 1. The number of amides is 1. The number of carbonyl (C=O) groups is 1. The molecular formula is C18H20N4O3S2. The second kappa shape index (κ2) is 7.26. The maximum Gasteiger partial charge on any atom is 0.271 e. The van der Waals surface area contributed by atoms with Crippen LogP contribution in [0.25, 0.3) is 10.2 Å². The van der Waals surface area contributed by atoms with Gasteiger partial charge in [0.05, 0.1) is 15.1 Å². The Kier molecular flexibility index (Phi) is 5.18. The summed E-state index contributed by atoms with van der Waals surface area (Å²) >= 11 is 1.46. The van der Waals surface area contributed by atoms with Crippen LogP contribution in [0.1, 0.15) is 15.9 Å². The number of hydrogen-bond donors (Lipinski definition) is 1. The Bertz CT molecular complexity index is 1190. The van der Waals surface area contributed by atoms with E-state index in [1.54, 1.807) is 13.0 Å². The number of aryl methyl sites for hydroxylation is 2. The Labute approximate surface area is 161 Å². The first-order valence-corrected chi connectivity index (χ1v) is 10.4. The fourth-order valence-corrected chi connectivity index (χ4v) is 4.47. The molecule has 1 amide bonds. The van der Waals surface area contributed by atoms with Gasteiger partial charge in [-0.05, 0) is 36.8 Å². The van der Waals surface area contributed by atoms with Crippen molar-refractivity contribution in [2.75, 3.05) is 14.1 Å². The first-order chi connectivity index (χ1) is 12.7. The van der Waals surface area contributed by atoms with Gasteiger partial charge in [0.1, 0.15) is 0 Å². The molecule has 142 valence electrons. The van der Waals surface area contributed by atoms with Gasteiger partial charge in [0.2, 0.25) is 14.8 Å². The van der Waals surface area contributed by atoms with E-state index < -0.39 is 15.9 Å². The van der Waals surface area contributed by atoms with Gasteiger partial charge in [0, 0.05) is 26.7 Å². The molecule has 0 saturated heterocycles. The topological polar surface area (TPSA) is 83.8 Å². The molecule has 7 nitrogen and oxygen atoms in total. The molecule has 0 saturated carbocycles. The monoisotopic (exact) mass is 404 g/mol. The fraction of sp³-hybridized carbons (Fsp3) is 0.222. The summed E-state index contributed by atoms with van der Waals surface area (Å²) in [5, 5.41) is 4.21. The minimum Gasteiger partial charge on any atom is -0.318 e. The van der Waals surface area contributed by atoms with Gasteiger partial charge >= 0.3 is 0 Å². The summed E-state index contributed by atoms with van der Waals surface area (Å²) in [4.78, 5) is 13.3. The summed E-state index contributed by atoms with van der Waals surface area (Å²) in [6, 6.07) is 12.3. The van der Waals surface area contributed by atoms with Crippen molar-refractivity contribution in [2.45, 2.75) is 11.8 Å². The molecular weight excluding hydrogens is 384 g/mol. The number of fused-ring (bicyclic) bond motifs is 1. The van der Waals surface area contributed by atoms with Crippen molar-refractivity contribution >= 4 is 37.5 Å². The molecule has 0 aliphatic rings. The zero-order chi connectivity index (χ0) is 19.8.